The van der Waals surface area contributed by atoms with Gasteiger partial charge in [-0.05, 0) is 37.6 Å². The van der Waals surface area contributed by atoms with Gasteiger partial charge in [0.25, 0.3) is 0 Å². The van der Waals surface area contributed by atoms with Crippen molar-refractivity contribution in [3.8, 4) is 11.5 Å². The van der Waals surface area contributed by atoms with Crippen LogP contribution in [0.4, 0.5) is 19.0 Å². The van der Waals surface area contributed by atoms with Gasteiger partial charge in [0.15, 0.2) is 0 Å². The Kier molecular flexibility index (Phi) is 5.36. The maximum Gasteiger partial charge on any atom is 0.416 e. The first-order valence-corrected chi connectivity index (χ1v) is 8.54. The summed E-state index contributed by atoms with van der Waals surface area (Å²) < 4.78 is 43.3. The van der Waals surface area contributed by atoms with Crippen molar-refractivity contribution in [2.24, 2.45) is 0 Å². The normalized spacial score (nSPS) is 11.6. The second kappa shape index (κ2) is 7.56. The van der Waals surface area contributed by atoms with Gasteiger partial charge in [0.2, 0.25) is 5.89 Å². The van der Waals surface area contributed by atoms with Gasteiger partial charge in [0, 0.05) is 5.56 Å². The minimum Gasteiger partial charge on any atom is -0.444 e. The third kappa shape index (κ3) is 4.39. The summed E-state index contributed by atoms with van der Waals surface area (Å²) >= 11 is 6.28. The standard InChI is InChI=1S/C18H16ClF3N4O/c1-3-14-15(19)16(25-10(2)24-14)23-8-13-9-27-17(26-13)11-4-6-12(7-5-11)18(20,21)22/h4-7,9H,3,8H2,1-2H3,(H,23,24,25). The number of benzene rings is 1. The van der Waals surface area contributed by atoms with Crippen molar-refractivity contribution >= 4 is 17.4 Å². The Bertz CT molecular complexity index is 939. The zero-order valence-corrected chi connectivity index (χ0v) is 15.3. The minimum atomic E-state index is -4.38. The van der Waals surface area contributed by atoms with Crippen LogP contribution in [-0.2, 0) is 19.1 Å². The minimum absolute atomic E-state index is 0.236. The molecule has 0 saturated carbocycles. The summed E-state index contributed by atoms with van der Waals surface area (Å²) in [5.74, 6) is 1.34. The van der Waals surface area contributed by atoms with Crippen molar-refractivity contribution in [2.45, 2.75) is 33.0 Å². The highest BCUT2D eigenvalue weighted by molar-refractivity contribution is 6.33. The maximum atomic E-state index is 12.6. The zero-order valence-electron chi connectivity index (χ0n) is 14.6. The Morgan fingerprint density at radius 3 is 2.44 bits per heavy atom. The van der Waals surface area contributed by atoms with E-state index in [1.165, 1.54) is 18.4 Å². The SMILES string of the molecule is CCc1nc(C)nc(NCc2coc(-c3ccc(C(F)(F)F)cc3)n2)c1Cl. The van der Waals surface area contributed by atoms with E-state index in [2.05, 4.69) is 20.3 Å². The highest BCUT2D eigenvalue weighted by Gasteiger charge is 2.30. The molecule has 3 aromatic rings. The highest BCUT2D eigenvalue weighted by atomic mass is 35.5. The molecule has 0 aliphatic carbocycles. The number of aryl methyl sites for hydroxylation is 2. The first kappa shape index (κ1) is 19.2. The smallest absolute Gasteiger partial charge is 0.416 e. The maximum absolute atomic E-state index is 12.6. The number of aromatic nitrogens is 3. The number of halogens is 4. The number of oxazole rings is 1. The van der Waals surface area contributed by atoms with Crippen LogP contribution >= 0.6 is 11.6 Å². The van der Waals surface area contributed by atoms with E-state index in [4.69, 9.17) is 16.0 Å². The molecule has 0 atom stereocenters. The monoisotopic (exact) mass is 396 g/mol. The Hall–Kier alpha value is -2.61. The predicted octanol–water partition coefficient (Wildman–Crippen LogP) is 5.29. The Morgan fingerprint density at radius 2 is 1.81 bits per heavy atom. The van der Waals surface area contributed by atoms with Crippen molar-refractivity contribution in [1.82, 2.24) is 15.0 Å². The first-order chi connectivity index (χ1) is 12.8. The average molecular weight is 397 g/mol. The number of hydrogen-bond donors (Lipinski definition) is 1. The van der Waals surface area contributed by atoms with E-state index in [9.17, 15) is 13.2 Å². The van der Waals surface area contributed by atoms with Crippen LogP contribution in [-0.4, -0.2) is 15.0 Å². The Labute approximate surface area is 158 Å². The van der Waals surface area contributed by atoms with Crippen LogP contribution in [0, 0.1) is 6.92 Å². The van der Waals surface area contributed by atoms with Crippen LogP contribution in [0.1, 0.15) is 29.7 Å². The number of nitrogens with zero attached hydrogens (tertiary/aromatic N) is 3. The lowest BCUT2D eigenvalue weighted by Gasteiger charge is -2.09. The molecule has 0 unspecified atom stereocenters. The summed E-state index contributed by atoms with van der Waals surface area (Å²) in [6.45, 7) is 4.02. The van der Waals surface area contributed by atoms with Gasteiger partial charge in [-0.1, -0.05) is 18.5 Å². The van der Waals surface area contributed by atoms with Crippen molar-refractivity contribution in [3.05, 3.63) is 58.3 Å². The lowest BCUT2D eigenvalue weighted by atomic mass is 10.1. The zero-order chi connectivity index (χ0) is 19.6. The van der Waals surface area contributed by atoms with Gasteiger partial charge < -0.3 is 9.73 Å². The second-order valence-electron chi connectivity index (χ2n) is 5.81. The predicted molar refractivity (Wildman–Crippen MR) is 95.4 cm³/mol. The molecule has 2 aromatic heterocycles. The first-order valence-electron chi connectivity index (χ1n) is 8.17. The largest absolute Gasteiger partial charge is 0.444 e. The fraction of sp³-hybridized carbons (Fsp3) is 0.278. The summed E-state index contributed by atoms with van der Waals surface area (Å²) in [7, 11) is 0. The second-order valence-corrected chi connectivity index (χ2v) is 6.18. The Morgan fingerprint density at radius 1 is 1.11 bits per heavy atom. The molecule has 3 rings (SSSR count). The van der Waals surface area contributed by atoms with Gasteiger partial charge in [0.05, 0.1) is 23.5 Å². The van der Waals surface area contributed by atoms with Crippen molar-refractivity contribution < 1.29 is 17.6 Å². The van der Waals surface area contributed by atoms with Crippen molar-refractivity contribution in [1.29, 1.82) is 0 Å². The fourth-order valence-electron chi connectivity index (χ4n) is 2.47. The van der Waals surface area contributed by atoms with Gasteiger partial charge in [-0.3, -0.25) is 0 Å². The molecule has 0 aliphatic rings. The molecular formula is C18H16ClF3N4O. The van der Waals surface area contributed by atoms with Crippen LogP contribution in [0.25, 0.3) is 11.5 Å². The van der Waals surface area contributed by atoms with E-state index in [0.717, 1.165) is 17.8 Å². The molecule has 1 N–H and O–H groups in total. The fourth-order valence-corrected chi connectivity index (χ4v) is 2.75. The topological polar surface area (TPSA) is 63.8 Å². The van der Waals surface area contributed by atoms with Crippen LogP contribution in [0.3, 0.4) is 0 Å². The number of anilines is 1. The van der Waals surface area contributed by atoms with E-state index in [1.807, 2.05) is 6.92 Å². The molecule has 2 heterocycles. The molecule has 0 bridgehead atoms. The number of alkyl halides is 3. The van der Waals surface area contributed by atoms with E-state index < -0.39 is 11.7 Å². The van der Waals surface area contributed by atoms with E-state index in [1.54, 1.807) is 6.92 Å². The van der Waals surface area contributed by atoms with Gasteiger partial charge in [-0.25, -0.2) is 15.0 Å². The van der Waals surface area contributed by atoms with Crippen molar-refractivity contribution in [2.75, 3.05) is 5.32 Å². The molecule has 0 radical (unpaired) electrons. The summed E-state index contributed by atoms with van der Waals surface area (Å²) in [6, 6.07) is 4.63. The van der Waals surface area contributed by atoms with Gasteiger partial charge in [-0.2, -0.15) is 13.2 Å². The molecule has 0 fully saturated rings. The molecule has 0 spiro atoms. The molecule has 1 aromatic carbocycles. The number of rotatable bonds is 5. The molecule has 9 heteroatoms. The summed E-state index contributed by atoms with van der Waals surface area (Å²) in [5.41, 5.74) is 1.05. The molecular weight excluding hydrogens is 381 g/mol. The molecule has 142 valence electrons. The quantitative estimate of drug-likeness (QED) is 0.635. The summed E-state index contributed by atoms with van der Waals surface area (Å²) in [6.07, 6.45) is -2.27. The average Bonchev–Trinajstić information content (AvgIpc) is 3.10. The number of hydrogen-bond acceptors (Lipinski definition) is 5. The van der Waals surface area contributed by atoms with Crippen molar-refractivity contribution in [3.63, 3.8) is 0 Å². The molecule has 27 heavy (non-hydrogen) atoms. The lowest BCUT2D eigenvalue weighted by molar-refractivity contribution is -0.137. The van der Waals surface area contributed by atoms with Gasteiger partial charge in [0.1, 0.15) is 22.9 Å². The lowest BCUT2D eigenvalue weighted by Crippen LogP contribution is -2.06. The molecule has 0 aliphatic heterocycles. The van der Waals surface area contributed by atoms with Crippen LogP contribution in [0.2, 0.25) is 5.02 Å². The van der Waals surface area contributed by atoms with Crippen LogP contribution < -0.4 is 5.32 Å². The van der Waals surface area contributed by atoms with E-state index in [-0.39, 0.29) is 5.89 Å². The molecule has 5 nitrogen and oxygen atoms in total. The highest BCUT2D eigenvalue weighted by Crippen LogP contribution is 2.31. The van der Waals surface area contributed by atoms with Gasteiger partial charge in [-0.15, -0.1) is 0 Å². The van der Waals surface area contributed by atoms with Crippen LogP contribution in [0.5, 0.6) is 0 Å². The number of nitrogens with one attached hydrogen (secondary N) is 1. The Balaban J connectivity index is 1.73. The van der Waals surface area contributed by atoms with Crippen LogP contribution in [0.15, 0.2) is 34.9 Å². The third-order valence-corrected chi connectivity index (χ3v) is 4.21. The molecule has 0 saturated heterocycles. The summed E-state index contributed by atoms with van der Waals surface area (Å²) in [5, 5.41) is 3.54. The van der Waals surface area contributed by atoms with Gasteiger partial charge >= 0.3 is 6.18 Å². The van der Waals surface area contributed by atoms with E-state index in [0.29, 0.717) is 40.9 Å². The summed E-state index contributed by atoms with van der Waals surface area (Å²) in [4.78, 5) is 12.8. The third-order valence-electron chi connectivity index (χ3n) is 3.81. The van der Waals surface area contributed by atoms with E-state index >= 15 is 0 Å². The molecule has 0 amide bonds.